The highest BCUT2D eigenvalue weighted by Crippen LogP contribution is 2.41. The Balaban J connectivity index is 1.74. The molecule has 20 heavy (non-hydrogen) atoms. The third-order valence-electron chi connectivity index (χ3n) is 5.73. The molecule has 112 valence electrons. The Morgan fingerprint density at radius 3 is 2.50 bits per heavy atom. The van der Waals surface area contributed by atoms with Crippen LogP contribution in [0.25, 0.3) is 0 Å². The average molecular weight is 278 g/mol. The van der Waals surface area contributed by atoms with Crippen LogP contribution in [0.2, 0.25) is 0 Å². The van der Waals surface area contributed by atoms with Gasteiger partial charge in [0.2, 0.25) is 11.8 Å². The summed E-state index contributed by atoms with van der Waals surface area (Å²) in [4.78, 5) is 28.3. The smallest absolute Gasteiger partial charge is 0.229 e. The van der Waals surface area contributed by atoms with E-state index < -0.39 is 0 Å². The van der Waals surface area contributed by atoms with E-state index in [4.69, 9.17) is 0 Å². The standard InChI is InChI=1S/C16H26N2O2/c1-16-9-2-3-10-17(16)11-5-6-13(16)12-18-14(19)7-4-8-15(18)20/h13H,2-12H2,1H3/t13-,16-/m1/s1. The van der Waals surface area contributed by atoms with Crippen LogP contribution in [0.15, 0.2) is 0 Å². The summed E-state index contributed by atoms with van der Waals surface area (Å²) in [6.07, 6.45) is 8.00. The highest BCUT2D eigenvalue weighted by atomic mass is 16.2. The van der Waals surface area contributed by atoms with Crippen LogP contribution in [0.3, 0.4) is 0 Å². The minimum Gasteiger partial charge on any atom is -0.298 e. The van der Waals surface area contributed by atoms with E-state index in [1.807, 2.05) is 0 Å². The molecule has 0 aromatic heterocycles. The van der Waals surface area contributed by atoms with Gasteiger partial charge in [0.1, 0.15) is 0 Å². The number of likely N-dealkylation sites (tertiary alicyclic amines) is 1. The van der Waals surface area contributed by atoms with E-state index in [-0.39, 0.29) is 17.4 Å². The summed E-state index contributed by atoms with van der Waals surface area (Å²) in [6.45, 7) is 5.39. The van der Waals surface area contributed by atoms with Gasteiger partial charge in [-0.1, -0.05) is 6.42 Å². The Labute approximate surface area is 121 Å². The number of nitrogens with zero attached hydrogens (tertiary/aromatic N) is 2. The fraction of sp³-hybridized carbons (Fsp3) is 0.875. The minimum atomic E-state index is 0.0535. The SMILES string of the molecule is C[C@]12CCCCN1CCC[C@@H]2CN1C(=O)CCCC1=O. The number of rotatable bonds is 2. The molecule has 0 saturated carbocycles. The first-order valence-electron chi connectivity index (χ1n) is 8.19. The van der Waals surface area contributed by atoms with Crippen molar-refractivity contribution in [3.63, 3.8) is 0 Å². The van der Waals surface area contributed by atoms with E-state index in [9.17, 15) is 9.59 Å². The lowest BCUT2D eigenvalue weighted by atomic mass is 9.72. The summed E-state index contributed by atoms with van der Waals surface area (Å²) in [5.41, 5.74) is 0.203. The summed E-state index contributed by atoms with van der Waals surface area (Å²) in [5, 5.41) is 0. The molecule has 0 radical (unpaired) electrons. The van der Waals surface area contributed by atoms with Gasteiger partial charge in [-0.25, -0.2) is 0 Å². The van der Waals surface area contributed by atoms with E-state index in [0.29, 0.717) is 25.3 Å². The fourth-order valence-electron chi connectivity index (χ4n) is 4.38. The van der Waals surface area contributed by atoms with Crippen molar-refractivity contribution in [1.82, 2.24) is 9.80 Å². The van der Waals surface area contributed by atoms with Gasteiger partial charge in [-0.2, -0.15) is 0 Å². The monoisotopic (exact) mass is 278 g/mol. The van der Waals surface area contributed by atoms with Gasteiger partial charge in [0.25, 0.3) is 0 Å². The maximum atomic E-state index is 12.0. The van der Waals surface area contributed by atoms with Crippen LogP contribution in [0.4, 0.5) is 0 Å². The normalized spacial score (nSPS) is 36.0. The van der Waals surface area contributed by atoms with Gasteiger partial charge in [0, 0.05) is 24.9 Å². The molecule has 0 spiro atoms. The van der Waals surface area contributed by atoms with Crippen molar-refractivity contribution >= 4 is 11.8 Å². The molecule has 3 aliphatic heterocycles. The lowest BCUT2D eigenvalue weighted by Gasteiger charge is -2.54. The molecule has 4 heteroatoms. The Bertz CT molecular complexity index is 391. The maximum absolute atomic E-state index is 12.0. The first kappa shape index (κ1) is 14.1. The van der Waals surface area contributed by atoms with E-state index in [1.54, 1.807) is 4.90 Å². The number of hydrogen-bond acceptors (Lipinski definition) is 3. The molecule has 3 heterocycles. The Hall–Kier alpha value is -0.900. The van der Waals surface area contributed by atoms with Crippen molar-refractivity contribution in [3.05, 3.63) is 0 Å². The predicted octanol–water partition coefficient (Wildman–Crippen LogP) is 2.18. The molecule has 0 aliphatic carbocycles. The van der Waals surface area contributed by atoms with Gasteiger partial charge in [0.05, 0.1) is 0 Å². The minimum absolute atomic E-state index is 0.0535. The van der Waals surface area contributed by atoms with Crippen molar-refractivity contribution in [3.8, 4) is 0 Å². The second-order valence-corrected chi connectivity index (χ2v) is 6.89. The molecular weight excluding hydrogens is 252 g/mol. The number of carbonyl (C=O) groups is 2. The van der Waals surface area contributed by atoms with E-state index >= 15 is 0 Å². The number of piperidine rings is 3. The summed E-state index contributed by atoms with van der Waals surface area (Å²) >= 11 is 0. The highest BCUT2D eigenvalue weighted by molar-refractivity contribution is 5.97. The fourth-order valence-corrected chi connectivity index (χ4v) is 4.38. The van der Waals surface area contributed by atoms with Crippen LogP contribution >= 0.6 is 0 Å². The molecule has 0 aromatic rings. The predicted molar refractivity (Wildman–Crippen MR) is 77.1 cm³/mol. The second-order valence-electron chi connectivity index (χ2n) is 6.89. The third-order valence-corrected chi connectivity index (χ3v) is 5.73. The Morgan fingerprint density at radius 1 is 1.05 bits per heavy atom. The molecule has 0 unspecified atom stereocenters. The second kappa shape index (κ2) is 5.47. The number of imide groups is 1. The van der Waals surface area contributed by atoms with Crippen LogP contribution in [-0.4, -0.2) is 46.8 Å². The van der Waals surface area contributed by atoms with Crippen molar-refractivity contribution in [1.29, 1.82) is 0 Å². The molecule has 2 amide bonds. The lowest BCUT2D eigenvalue weighted by Crippen LogP contribution is -2.60. The number of carbonyl (C=O) groups excluding carboxylic acids is 2. The maximum Gasteiger partial charge on any atom is 0.229 e. The number of amides is 2. The molecule has 3 aliphatic rings. The van der Waals surface area contributed by atoms with Gasteiger partial charge in [0.15, 0.2) is 0 Å². The molecule has 0 aromatic carbocycles. The van der Waals surface area contributed by atoms with Gasteiger partial charge >= 0.3 is 0 Å². The molecule has 4 nitrogen and oxygen atoms in total. The van der Waals surface area contributed by atoms with E-state index in [0.717, 1.165) is 12.8 Å². The summed E-state index contributed by atoms with van der Waals surface area (Å²) in [5.74, 6) is 0.568. The summed E-state index contributed by atoms with van der Waals surface area (Å²) < 4.78 is 0. The third kappa shape index (κ3) is 2.39. The number of fused-ring (bicyclic) bond motifs is 1. The first-order chi connectivity index (χ1) is 9.61. The largest absolute Gasteiger partial charge is 0.298 e. The quantitative estimate of drug-likeness (QED) is 0.727. The van der Waals surface area contributed by atoms with Crippen LogP contribution in [0.1, 0.15) is 58.3 Å². The van der Waals surface area contributed by atoms with Crippen LogP contribution in [0, 0.1) is 5.92 Å². The van der Waals surface area contributed by atoms with Crippen molar-refractivity contribution in [2.24, 2.45) is 5.92 Å². The molecule has 3 fully saturated rings. The van der Waals surface area contributed by atoms with Gasteiger partial charge < -0.3 is 0 Å². The van der Waals surface area contributed by atoms with Gasteiger partial charge in [-0.15, -0.1) is 0 Å². The zero-order chi connectivity index (χ0) is 14.2. The van der Waals surface area contributed by atoms with Crippen molar-refractivity contribution in [2.45, 2.75) is 63.8 Å². The Kier molecular flexibility index (Phi) is 3.85. The van der Waals surface area contributed by atoms with Gasteiger partial charge in [-0.05, 0) is 58.0 Å². The van der Waals surface area contributed by atoms with Gasteiger partial charge in [-0.3, -0.25) is 19.4 Å². The number of hydrogen-bond donors (Lipinski definition) is 0. The van der Waals surface area contributed by atoms with Crippen LogP contribution in [-0.2, 0) is 9.59 Å². The summed E-state index contributed by atoms with van der Waals surface area (Å²) in [7, 11) is 0. The molecule has 0 N–H and O–H groups in total. The zero-order valence-electron chi connectivity index (χ0n) is 12.6. The average Bonchev–Trinajstić information content (AvgIpc) is 2.43. The first-order valence-corrected chi connectivity index (χ1v) is 8.19. The van der Waals surface area contributed by atoms with Crippen molar-refractivity contribution < 1.29 is 9.59 Å². The molecular formula is C16H26N2O2. The highest BCUT2D eigenvalue weighted by Gasteiger charge is 2.45. The topological polar surface area (TPSA) is 40.6 Å². The molecule has 0 bridgehead atoms. The Morgan fingerprint density at radius 2 is 1.75 bits per heavy atom. The van der Waals surface area contributed by atoms with Crippen LogP contribution < -0.4 is 0 Å². The summed E-state index contributed by atoms with van der Waals surface area (Å²) in [6, 6.07) is 0. The van der Waals surface area contributed by atoms with E-state index in [1.165, 1.54) is 38.8 Å². The van der Waals surface area contributed by atoms with Crippen molar-refractivity contribution in [2.75, 3.05) is 19.6 Å². The van der Waals surface area contributed by atoms with Crippen LogP contribution in [0.5, 0.6) is 0 Å². The van der Waals surface area contributed by atoms with E-state index in [2.05, 4.69) is 11.8 Å². The zero-order valence-corrected chi connectivity index (χ0v) is 12.6. The molecule has 3 saturated heterocycles. The molecule has 3 rings (SSSR count). The lowest BCUT2D eigenvalue weighted by molar-refractivity contribution is -0.150. The molecule has 2 atom stereocenters.